The van der Waals surface area contributed by atoms with Gasteiger partial charge in [-0.1, -0.05) is 37.3 Å². The summed E-state index contributed by atoms with van der Waals surface area (Å²) in [6.45, 7) is 8.72. The average molecular weight is 335 g/mol. The smallest absolute Gasteiger partial charge is 0.191 e. The molecule has 0 saturated heterocycles. The minimum Gasteiger partial charge on any atom is -0.361 e. The topological polar surface area (TPSA) is 62.5 Å². The number of hydrogen-bond donors (Lipinski definition) is 2. The molecule has 24 heavy (non-hydrogen) atoms. The Morgan fingerprint density at radius 3 is 2.67 bits per heavy atom. The Hall–Kier alpha value is -1.52. The maximum Gasteiger partial charge on any atom is 0.191 e. The van der Waals surface area contributed by atoms with Gasteiger partial charge in [0.15, 0.2) is 5.96 Å². The van der Waals surface area contributed by atoms with Crippen LogP contribution in [0.3, 0.4) is 0 Å². The summed E-state index contributed by atoms with van der Waals surface area (Å²) < 4.78 is 5.21. The average Bonchev–Trinajstić information content (AvgIpc) is 2.91. The Morgan fingerprint density at radius 1 is 1.21 bits per heavy atom. The molecule has 0 aliphatic heterocycles. The second kappa shape index (κ2) is 10.4. The van der Waals surface area contributed by atoms with Gasteiger partial charge in [-0.3, -0.25) is 4.99 Å². The van der Waals surface area contributed by atoms with Gasteiger partial charge < -0.3 is 15.2 Å². The van der Waals surface area contributed by atoms with Crippen molar-refractivity contribution in [2.75, 3.05) is 19.6 Å². The van der Waals surface area contributed by atoms with E-state index in [2.05, 4.69) is 22.7 Å². The molecule has 0 amide bonds. The molecule has 0 atom stereocenters. The van der Waals surface area contributed by atoms with Crippen LogP contribution in [0.5, 0.6) is 0 Å². The summed E-state index contributed by atoms with van der Waals surface area (Å²) in [5.41, 5.74) is 2.19. The Labute approximate surface area is 146 Å². The van der Waals surface area contributed by atoms with E-state index in [1.807, 2.05) is 13.8 Å². The zero-order valence-electron chi connectivity index (χ0n) is 15.7. The maximum absolute atomic E-state index is 5.21. The predicted octanol–water partition coefficient (Wildman–Crippen LogP) is 3.75. The summed E-state index contributed by atoms with van der Waals surface area (Å²) >= 11 is 0. The second-order valence-corrected chi connectivity index (χ2v) is 6.89. The van der Waals surface area contributed by atoms with Gasteiger partial charge in [-0.25, -0.2) is 0 Å². The third kappa shape index (κ3) is 6.17. The lowest BCUT2D eigenvalue weighted by molar-refractivity contribution is 0.334. The number of aromatic nitrogens is 1. The van der Waals surface area contributed by atoms with Crippen LogP contribution in [0, 0.1) is 19.8 Å². The molecule has 1 fully saturated rings. The highest BCUT2D eigenvalue weighted by molar-refractivity contribution is 5.79. The van der Waals surface area contributed by atoms with E-state index in [0.717, 1.165) is 49.4 Å². The molecule has 5 nitrogen and oxygen atoms in total. The van der Waals surface area contributed by atoms with E-state index in [1.165, 1.54) is 50.5 Å². The van der Waals surface area contributed by atoms with Gasteiger partial charge >= 0.3 is 0 Å². The number of nitrogens with zero attached hydrogens (tertiary/aromatic N) is 2. The Morgan fingerprint density at radius 2 is 2.00 bits per heavy atom. The Balaban J connectivity index is 1.69. The van der Waals surface area contributed by atoms with Gasteiger partial charge in [-0.15, -0.1) is 0 Å². The molecule has 1 aromatic heterocycles. The van der Waals surface area contributed by atoms with Gasteiger partial charge in [-0.2, -0.15) is 0 Å². The van der Waals surface area contributed by atoms with Crippen molar-refractivity contribution in [3.8, 4) is 0 Å². The van der Waals surface area contributed by atoms with Crippen LogP contribution < -0.4 is 10.6 Å². The molecular weight excluding hydrogens is 300 g/mol. The van der Waals surface area contributed by atoms with Crippen molar-refractivity contribution in [1.82, 2.24) is 15.8 Å². The highest BCUT2D eigenvalue weighted by Crippen LogP contribution is 2.27. The van der Waals surface area contributed by atoms with Crippen LogP contribution in [0.2, 0.25) is 0 Å². The van der Waals surface area contributed by atoms with E-state index >= 15 is 0 Å². The van der Waals surface area contributed by atoms with Crippen LogP contribution in [-0.2, 0) is 6.42 Å². The van der Waals surface area contributed by atoms with E-state index in [9.17, 15) is 0 Å². The fraction of sp³-hybridized carbons (Fsp3) is 0.789. The third-order valence-corrected chi connectivity index (χ3v) is 4.96. The van der Waals surface area contributed by atoms with Gasteiger partial charge in [0.1, 0.15) is 5.76 Å². The highest BCUT2D eigenvalue weighted by Gasteiger charge is 2.12. The molecule has 0 aromatic carbocycles. The first-order valence-corrected chi connectivity index (χ1v) is 9.64. The van der Waals surface area contributed by atoms with Gasteiger partial charge in [0.05, 0.1) is 5.69 Å². The summed E-state index contributed by atoms with van der Waals surface area (Å²) in [6, 6.07) is 0. The van der Waals surface area contributed by atoms with Crippen LogP contribution in [0.25, 0.3) is 0 Å². The Bertz CT molecular complexity index is 484. The fourth-order valence-corrected chi connectivity index (χ4v) is 3.55. The molecule has 0 bridgehead atoms. The first kappa shape index (κ1) is 18.8. The van der Waals surface area contributed by atoms with Crippen LogP contribution >= 0.6 is 0 Å². The van der Waals surface area contributed by atoms with Gasteiger partial charge in [0.2, 0.25) is 0 Å². The lowest BCUT2D eigenvalue weighted by Crippen LogP contribution is -2.38. The summed E-state index contributed by atoms with van der Waals surface area (Å²) in [4.78, 5) is 4.72. The number of aliphatic imine (C=N–C) groups is 1. The van der Waals surface area contributed by atoms with Crippen molar-refractivity contribution in [1.29, 1.82) is 0 Å². The first-order chi connectivity index (χ1) is 11.7. The predicted molar refractivity (Wildman–Crippen MR) is 99.5 cm³/mol. The quantitative estimate of drug-likeness (QED) is 0.432. The molecule has 2 rings (SSSR count). The lowest BCUT2D eigenvalue weighted by atomic mass is 9.86. The molecule has 1 heterocycles. The lowest BCUT2D eigenvalue weighted by Gasteiger charge is -2.20. The summed E-state index contributed by atoms with van der Waals surface area (Å²) in [7, 11) is 0. The Kier molecular flexibility index (Phi) is 8.13. The summed E-state index contributed by atoms with van der Waals surface area (Å²) in [6.07, 6.45) is 10.6. The largest absolute Gasteiger partial charge is 0.361 e. The third-order valence-electron chi connectivity index (χ3n) is 4.96. The molecule has 136 valence electrons. The normalized spacial score (nSPS) is 16.4. The summed E-state index contributed by atoms with van der Waals surface area (Å²) in [5, 5.41) is 10.8. The number of hydrogen-bond acceptors (Lipinski definition) is 3. The van der Waals surface area contributed by atoms with Crippen molar-refractivity contribution in [3.63, 3.8) is 0 Å². The first-order valence-electron chi connectivity index (χ1n) is 9.64. The maximum atomic E-state index is 5.21. The molecule has 2 N–H and O–H groups in total. The molecule has 1 aliphatic carbocycles. The van der Waals surface area contributed by atoms with Crippen molar-refractivity contribution in [3.05, 3.63) is 17.0 Å². The summed E-state index contributed by atoms with van der Waals surface area (Å²) in [5.74, 6) is 2.79. The zero-order valence-corrected chi connectivity index (χ0v) is 15.7. The molecule has 5 heteroatoms. The van der Waals surface area contributed by atoms with Gasteiger partial charge in [0, 0.05) is 25.2 Å². The number of rotatable bonds is 8. The van der Waals surface area contributed by atoms with Crippen LogP contribution in [0.15, 0.2) is 9.52 Å². The fourth-order valence-electron chi connectivity index (χ4n) is 3.55. The van der Waals surface area contributed by atoms with Gasteiger partial charge in [-0.05, 0) is 46.0 Å². The van der Waals surface area contributed by atoms with Crippen molar-refractivity contribution in [2.45, 2.75) is 72.1 Å². The van der Waals surface area contributed by atoms with E-state index in [0.29, 0.717) is 0 Å². The van der Waals surface area contributed by atoms with Crippen molar-refractivity contribution >= 4 is 5.96 Å². The van der Waals surface area contributed by atoms with Gasteiger partial charge in [0.25, 0.3) is 0 Å². The molecular formula is C19H34N4O. The molecule has 0 unspecified atom stereocenters. The molecule has 0 radical (unpaired) electrons. The molecule has 1 aromatic rings. The second-order valence-electron chi connectivity index (χ2n) is 6.89. The number of nitrogens with one attached hydrogen (secondary N) is 2. The number of guanidine groups is 1. The molecule has 1 saturated carbocycles. The standard InChI is InChI=1S/C19H34N4O/c1-4-20-19(21-13-8-11-17-9-6-5-7-10-17)22-14-12-18-15(2)23-24-16(18)3/h17H,4-14H2,1-3H3,(H2,20,21,22). The minimum atomic E-state index is 0.845. The van der Waals surface area contributed by atoms with Crippen molar-refractivity contribution in [2.24, 2.45) is 10.9 Å². The SMILES string of the molecule is CCNC(=NCCCC1CCCCC1)NCCc1c(C)noc1C. The van der Waals surface area contributed by atoms with E-state index in [4.69, 9.17) is 9.52 Å². The van der Waals surface area contributed by atoms with Crippen LogP contribution in [0.1, 0.15) is 68.9 Å². The monoisotopic (exact) mass is 334 g/mol. The number of aryl methyl sites for hydroxylation is 2. The minimum absolute atomic E-state index is 0.845. The van der Waals surface area contributed by atoms with Crippen LogP contribution in [0.4, 0.5) is 0 Å². The molecule has 0 spiro atoms. The molecule has 1 aliphatic rings. The van der Waals surface area contributed by atoms with E-state index in [1.54, 1.807) is 0 Å². The van der Waals surface area contributed by atoms with E-state index in [-0.39, 0.29) is 0 Å². The highest BCUT2D eigenvalue weighted by atomic mass is 16.5. The zero-order chi connectivity index (χ0) is 17.2. The van der Waals surface area contributed by atoms with E-state index < -0.39 is 0 Å². The van der Waals surface area contributed by atoms with Crippen molar-refractivity contribution < 1.29 is 4.52 Å². The van der Waals surface area contributed by atoms with Crippen LogP contribution in [-0.4, -0.2) is 30.8 Å².